The number of hydrogen-bond donors (Lipinski definition) is 4. The Balaban J connectivity index is 1.70. The summed E-state index contributed by atoms with van der Waals surface area (Å²) in [7, 11) is -4.03. The third-order valence-electron chi connectivity index (χ3n) is 4.74. The van der Waals surface area contributed by atoms with Gasteiger partial charge in [0.2, 0.25) is 15.9 Å². The van der Waals surface area contributed by atoms with Gasteiger partial charge >= 0.3 is 0 Å². The summed E-state index contributed by atoms with van der Waals surface area (Å²) in [4.78, 5) is 27.9. The average molecular weight is 428 g/mol. The Morgan fingerprint density at radius 1 is 1.20 bits per heavy atom. The lowest BCUT2D eigenvalue weighted by Gasteiger charge is -2.11. The summed E-state index contributed by atoms with van der Waals surface area (Å²) in [6.07, 6.45) is 1.51. The first-order chi connectivity index (χ1) is 14.2. The maximum atomic E-state index is 13.8. The number of anilines is 1. The van der Waals surface area contributed by atoms with E-state index in [0.29, 0.717) is 22.0 Å². The molecule has 0 spiro atoms. The van der Waals surface area contributed by atoms with Crippen molar-refractivity contribution in [2.45, 2.75) is 11.3 Å². The van der Waals surface area contributed by atoms with E-state index in [1.54, 1.807) is 12.1 Å². The Morgan fingerprint density at radius 2 is 1.97 bits per heavy atom. The summed E-state index contributed by atoms with van der Waals surface area (Å²) in [5.74, 6) is -1.35. The molecule has 8 nitrogen and oxygen atoms in total. The maximum absolute atomic E-state index is 13.8. The molecule has 1 aliphatic heterocycles. The molecule has 2 amide bonds. The number of para-hydroxylation sites is 1. The molecule has 0 fully saturated rings. The fourth-order valence-corrected chi connectivity index (χ4v) is 4.17. The number of rotatable bonds is 4. The van der Waals surface area contributed by atoms with Crippen LogP contribution in [0.5, 0.6) is 0 Å². The summed E-state index contributed by atoms with van der Waals surface area (Å²) in [5, 5.41) is 10.9. The number of aromatic nitrogens is 1. The summed E-state index contributed by atoms with van der Waals surface area (Å²) in [5.41, 5.74) is 1.79. The van der Waals surface area contributed by atoms with E-state index in [4.69, 9.17) is 5.14 Å². The van der Waals surface area contributed by atoms with Gasteiger partial charge in [0.15, 0.2) is 0 Å². The molecule has 0 radical (unpaired) electrons. The number of primary sulfonamides is 1. The first-order valence-electron chi connectivity index (χ1n) is 8.94. The summed E-state index contributed by atoms with van der Waals surface area (Å²) < 4.78 is 37.3. The van der Waals surface area contributed by atoms with Crippen molar-refractivity contribution in [3.63, 3.8) is 0 Å². The first-order valence-corrected chi connectivity index (χ1v) is 10.5. The molecular formula is C20H17FN4O4S. The van der Waals surface area contributed by atoms with Gasteiger partial charge < -0.3 is 15.6 Å². The van der Waals surface area contributed by atoms with Crippen LogP contribution in [-0.4, -0.2) is 31.8 Å². The van der Waals surface area contributed by atoms with Gasteiger partial charge in [-0.3, -0.25) is 9.59 Å². The minimum atomic E-state index is -4.03. The molecule has 0 atom stereocenters. The monoisotopic (exact) mass is 428 g/mol. The highest BCUT2D eigenvalue weighted by Gasteiger charge is 2.25. The van der Waals surface area contributed by atoms with Crippen LogP contribution in [0.4, 0.5) is 10.1 Å². The molecule has 154 valence electrons. The SMILES string of the molecule is NS(=O)(=O)c1ccccc1NC(=O)CC1=CCNC(=O)c2[nH]c3ccc(F)cc3c21. The van der Waals surface area contributed by atoms with Crippen LogP contribution < -0.4 is 15.8 Å². The third kappa shape index (κ3) is 3.70. The van der Waals surface area contributed by atoms with Gasteiger partial charge in [0, 0.05) is 23.0 Å². The Bertz CT molecular complexity index is 1330. The molecule has 10 heteroatoms. The number of H-pyrrole nitrogens is 1. The second-order valence-corrected chi connectivity index (χ2v) is 8.30. The van der Waals surface area contributed by atoms with E-state index >= 15 is 0 Å². The second kappa shape index (κ2) is 7.39. The number of amides is 2. The number of fused-ring (bicyclic) bond motifs is 3. The highest BCUT2D eigenvalue weighted by molar-refractivity contribution is 7.89. The molecule has 0 unspecified atom stereocenters. The van der Waals surface area contributed by atoms with Crippen molar-refractivity contribution in [1.82, 2.24) is 10.3 Å². The second-order valence-electron chi connectivity index (χ2n) is 6.77. The zero-order chi connectivity index (χ0) is 21.5. The van der Waals surface area contributed by atoms with Crippen LogP contribution in [0.25, 0.3) is 16.5 Å². The van der Waals surface area contributed by atoms with Crippen LogP contribution in [0.3, 0.4) is 0 Å². The number of aromatic amines is 1. The predicted octanol–water partition coefficient (Wildman–Crippen LogP) is 2.11. The van der Waals surface area contributed by atoms with Crippen molar-refractivity contribution in [2.24, 2.45) is 5.14 Å². The molecule has 0 bridgehead atoms. The van der Waals surface area contributed by atoms with Gasteiger partial charge in [-0.25, -0.2) is 17.9 Å². The lowest BCUT2D eigenvalue weighted by Crippen LogP contribution is -2.22. The molecule has 0 saturated heterocycles. The molecule has 3 aromatic rings. The summed E-state index contributed by atoms with van der Waals surface area (Å²) in [6.45, 7) is 0.189. The Morgan fingerprint density at radius 3 is 2.73 bits per heavy atom. The Kier molecular flexibility index (Phi) is 4.88. The Labute approximate surface area is 171 Å². The minimum Gasteiger partial charge on any atom is -0.350 e. The van der Waals surface area contributed by atoms with Crippen molar-refractivity contribution < 1.29 is 22.4 Å². The zero-order valence-corrected chi connectivity index (χ0v) is 16.3. The molecule has 2 heterocycles. The van der Waals surface area contributed by atoms with Gasteiger partial charge in [-0.15, -0.1) is 0 Å². The maximum Gasteiger partial charge on any atom is 0.268 e. The number of hydrogen-bond acceptors (Lipinski definition) is 4. The third-order valence-corrected chi connectivity index (χ3v) is 5.71. The molecule has 4 rings (SSSR count). The van der Waals surface area contributed by atoms with E-state index in [0.717, 1.165) is 0 Å². The fourth-order valence-electron chi connectivity index (χ4n) is 3.47. The van der Waals surface area contributed by atoms with Crippen molar-refractivity contribution in [3.8, 4) is 0 Å². The predicted molar refractivity (Wildman–Crippen MR) is 110 cm³/mol. The number of nitrogens with two attached hydrogens (primary N) is 1. The largest absolute Gasteiger partial charge is 0.350 e. The standard InChI is InChI=1S/C20H17FN4O4S/c21-12-5-6-14-13(10-12)18-11(7-8-23-20(27)19(18)25-14)9-17(26)24-15-3-1-2-4-16(15)30(22,28)29/h1-7,10,25H,8-9H2,(H,23,27)(H,24,26)(H2,22,28,29). The molecule has 1 aromatic heterocycles. The van der Waals surface area contributed by atoms with Gasteiger partial charge in [-0.1, -0.05) is 18.2 Å². The average Bonchev–Trinajstić information content (AvgIpc) is 2.98. The van der Waals surface area contributed by atoms with Crippen molar-refractivity contribution in [2.75, 3.05) is 11.9 Å². The lowest BCUT2D eigenvalue weighted by molar-refractivity contribution is -0.115. The quantitative estimate of drug-likeness (QED) is 0.506. The smallest absolute Gasteiger partial charge is 0.268 e. The number of nitrogens with one attached hydrogen (secondary N) is 3. The van der Waals surface area contributed by atoms with Crippen LogP contribution in [-0.2, 0) is 14.8 Å². The number of benzene rings is 2. The highest BCUT2D eigenvalue weighted by atomic mass is 32.2. The molecule has 0 saturated carbocycles. The number of carbonyl (C=O) groups is 2. The molecule has 2 aromatic carbocycles. The Hall–Kier alpha value is -3.50. The molecule has 1 aliphatic rings. The van der Waals surface area contributed by atoms with E-state index in [-0.39, 0.29) is 35.1 Å². The topological polar surface area (TPSA) is 134 Å². The number of halogens is 1. The number of carbonyl (C=O) groups excluding carboxylic acids is 2. The summed E-state index contributed by atoms with van der Waals surface area (Å²) in [6, 6.07) is 9.87. The molecule has 5 N–H and O–H groups in total. The summed E-state index contributed by atoms with van der Waals surface area (Å²) >= 11 is 0. The lowest BCUT2D eigenvalue weighted by atomic mass is 9.98. The fraction of sp³-hybridized carbons (Fsp3) is 0.100. The highest BCUT2D eigenvalue weighted by Crippen LogP contribution is 2.33. The normalized spacial score (nSPS) is 13.9. The van der Waals surface area contributed by atoms with Crippen LogP contribution in [0, 0.1) is 5.82 Å². The van der Waals surface area contributed by atoms with Gasteiger partial charge in [-0.2, -0.15) is 0 Å². The van der Waals surface area contributed by atoms with E-state index in [2.05, 4.69) is 15.6 Å². The van der Waals surface area contributed by atoms with Gasteiger partial charge in [0.05, 0.1) is 12.1 Å². The molecular weight excluding hydrogens is 411 g/mol. The van der Waals surface area contributed by atoms with E-state index < -0.39 is 21.7 Å². The number of sulfonamides is 1. The van der Waals surface area contributed by atoms with Crippen molar-refractivity contribution >= 4 is 44.0 Å². The van der Waals surface area contributed by atoms with E-state index in [1.165, 1.54) is 36.4 Å². The zero-order valence-electron chi connectivity index (χ0n) is 15.5. The van der Waals surface area contributed by atoms with Crippen LogP contribution in [0.15, 0.2) is 53.4 Å². The van der Waals surface area contributed by atoms with Crippen LogP contribution in [0.2, 0.25) is 0 Å². The van der Waals surface area contributed by atoms with Crippen LogP contribution >= 0.6 is 0 Å². The van der Waals surface area contributed by atoms with Crippen molar-refractivity contribution in [3.05, 3.63) is 65.6 Å². The first kappa shape index (κ1) is 19.8. The van der Waals surface area contributed by atoms with E-state index in [1.807, 2.05) is 0 Å². The molecule has 30 heavy (non-hydrogen) atoms. The minimum absolute atomic E-state index is 0.0543. The van der Waals surface area contributed by atoms with Crippen LogP contribution in [0.1, 0.15) is 22.5 Å². The van der Waals surface area contributed by atoms with E-state index in [9.17, 15) is 22.4 Å². The molecule has 0 aliphatic carbocycles. The van der Waals surface area contributed by atoms with Gasteiger partial charge in [0.25, 0.3) is 5.91 Å². The van der Waals surface area contributed by atoms with Gasteiger partial charge in [0.1, 0.15) is 16.4 Å². The van der Waals surface area contributed by atoms with Gasteiger partial charge in [-0.05, 0) is 35.9 Å². The van der Waals surface area contributed by atoms with Crippen molar-refractivity contribution in [1.29, 1.82) is 0 Å².